The number of non-ortho nitro benzene ring substituents is 1. The van der Waals surface area contributed by atoms with Gasteiger partial charge >= 0.3 is 0 Å². The van der Waals surface area contributed by atoms with E-state index in [1.54, 1.807) is 13.8 Å². The van der Waals surface area contributed by atoms with Crippen molar-refractivity contribution in [3.05, 3.63) is 52.1 Å². The Morgan fingerprint density at radius 2 is 1.86 bits per heavy atom. The van der Waals surface area contributed by atoms with Crippen LogP contribution in [-0.4, -0.2) is 48.9 Å². The smallest absolute Gasteiger partial charge is 0.270 e. The van der Waals surface area contributed by atoms with Crippen molar-refractivity contribution in [1.29, 1.82) is 0 Å². The van der Waals surface area contributed by atoms with Gasteiger partial charge in [0.2, 0.25) is 10.0 Å². The molecule has 0 heterocycles. The van der Waals surface area contributed by atoms with Crippen LogP contribution < -0.4 is 10.1 Å². The number of hydrogen-bond donors (Lipinski definition) is 2. The van der Waals surface area contributed by atoms with Crippen molar-refractivity contribution in [3.8, 4) is 11.5 Å². The number of phenols is 1. The van der Waals surface area contributed by atoms with E-state index in [1.807, 2.05) is 0 Å². The normalized spacial score (nSPS) is 11.3. The van der Waals surface area contributed by atoms with Crippen LogP contribution in [0, 0.1) is 10.1 Å². The van der Waals surface area contributed by atoms with Crippen LogP contribution in [0.3, 0.4) is 0 Å². The average molecular weight is 423 g/mol. The van der Waals surface area contributed by atoms with Crippen LogP contribution in [-0.2, 0) is 10.0 Å². The number of nitro benzene ring substituents is 1. The van der Waals surface area contributed by atoms with E-state index >= 15 is 0 Å². The summed E-state index contributed by atoms with van der Waals surface area (Å²) in [5.41, 5.74) is -0.618. The number of rotatable bonds is 8. The molecule has 2 N–H and O–H groups in total. The number of carbonyl (C=O) groups excluding carboxylic acids is 1. The lowest BCUT2D eigenvalue weighted by Gasteiger charge is -2.19. The van der Waals surface area contributed by atoms with Gasteiger partial charge in [-0.3, -0.25) is 14.9 Å². The van der Waals surface area contributed by atoms with Crippen LogP contribution in [0.5, 0.6) is 11.5 Å². The van der Waals surface area contributed by atoms with Gasteiger partial charge in [0.05, 0.1) is 28.2 Å². The number of anilines is 1. The Balaban J connectivity index is 2.44. The fraction of sp³-hybridized carbons (Fsp3) is 0.278. The molecule has 0 unspecified atom stereocenters. The third-order valence-corrected chi connectivity index (χ3v) is 6.24. The van der Waals surface area contributed by atoms with Gasteiger partial charge in [-0.1, -0.05) is 13.8 Å². The largest absolute Gasteiger partial charge is 0.506 e. The second-order valence-corrected chi connectivity index (χ2v) is 7.80. The summed E-state index contributed by atoms with van der Waals surface area (Å²) in [6.07, 6.45) is 0. The second kappa shape index (κ2) is 8.88. The Morgan fingerprint density at radius 3 is 2.41 bits per heavy atom. The fourth-order valence-corrected chi connectivity index (χ4v) is 4.15. The second-order valence-electron chi connectivity index (χ2n) is 5.86. The molecule has 0 bridgehead atoms. The maximum atomic E-state index is 12.7. The Kier molecular flexibility index (Phi) is 6.77. The topological polar surface area (TPSA) is 139 Å². The zero-order chi connectivity index (χ0) is 21.8. The van der Waals surface area contributed by atoms with Gasteiger partial charge in [-0.25, -0.2) is 8.42 Å². The van der Waals surface area contributed by atoms with Gasteiger partial charge in [-0.05, 0) is 24.3 Å². The van der Waals surface area contributed by atoms with E-state index in [1.165, 1.54) is 29.6 Å². The summed E-state index contributed by atoms with van der Waals surface area (Å²) in [6.45, 7) is 3.90. The Bertz CT molecular complexity index is 1030. The molecule has 0 aliphatic carbocycles. The van der Waals surface area contributed by atoms with Gasteiger partial charge in [0.25, 0.3) is 11.6 Å². The first kappa shape index (κ1) is 22.1. The molecule has 11 heteroatoms. The van der Waals surface area contributed by atoms with Crippen LogP contribution in [0.2, 0.25) is 0 Å². The van der Waals surface area contributed by atoms with Crippen molar-refractivity contribution < 1.29 is 28.0 Å². The molecule has 0 aliphatic heterocycles. The number of benzene rings is 2. The monoisotopic (exact) mass is 423 g/mol. The van der Waals surface area contributed by atoms with Crippen molar-refractivity contribution in [2.75, 3.05) is 25.5 Å². The standard InChI is InChI=1S/C18H21N3O7S/c1-4-20(5-2)29(26,27)13-7-8-16(22)15(11-13)19-18(23)14-10-12(21(24)25)6-9-17(14)28-3/h6-11,22H,4-5H2,1-3H3,(H,19,23). The summed E-state index contributed by atoms with van der Waals surface area (Å²) in [5.74, 6) is -1.08. The SMILES string of the molecule is CCN(CC)S(=O)(=O)c1ccc(O)c(NC(=O)c2cc([N+](=O)[O-])ccc2OC)c1. The van der Waals surface area contributed by atoms with E-state index in [-0.39, 0.29) is 46.4 Å². The summed E-state index contributed by atoms with van der Waals surface area (Å²) in [7, 11) is -2.52. The first-order chi connectivity index (χ1) is 13.6. The Labute approximate surface area is 167 Å². The molecule has 0 fully saturated rings. The van der Waals surface area contributed by atoms with E-state index in [4.69, 9.17) is 4.74 Å². The number of nitrogens with one attached hydrogen (secondary N) is 1. The molecule has 2 aromatic carbocycles. The number of sulfonamides is 1. The molecule has 2 rings (SSSR count). The fourth-order valence-electron chi connectivity index (χ4n) is 2.66. The summed E-state index contributed by atoms with van der Waals surface area (Å²) >= 11 is 0. The van der Waals surface area contributed by atoms with Crippen molar-refractivity contribution in [3.63, 3.8) is 0 Å². The average Bonchev–Trinajstić information content (AvgIpc) is 2.69. The first-order valence-electron chi connectivity index (χ1n) is 8.62. The first-order valence-corrected chi connectivity index (χ1v) is 10.1. The molecule has 156 valence electrons. The van der Waals surface area contributed by atoms with Gasteiger partial charge in [-0.15, -0.1) is 0 Å². The van der Waals surface area contributed by atoms with E-state index in [0.717, 1.165) is 18.2 Å². The van der Waals surface area contributed by atoms with Crippen LogP contribution in [0.15, 0.2) is 41.3 Å². The molecule has 10 nitrogen and oxygen atoms in total. The minimum absolute atomic E-state index is 0.0829. The van der Waals surface area contributed by atoms with Gasteiger partial charge < -0.3 is 15.2 Å². The minimum atomic E-state index is -3.81. The summed E-state index contributed by atoms with van der Waals surface area (Å²) < 4.78 is 31.6. The number of amides is 1. The highest BCUT2D eigenvalue weighted by Gasteiger charge is 2.24. The molecule has 0 aromatic heterocycles. The van der Waals surface area contributed by atoms with E-state index < -0.39 is 20.9 Å². The number of nitro groups is 1. The summed E-state index contributed by atoms with van der Waals surface area (Å²) in [4.78, 5) is 22.9. The minimum Gasteiger partial charge on any atom is -0.506 e. The molecule has 0 radical (unpaired) electrons. The van der Waals surface area contributed by atoms with Gasteiger partial charge in [0, 0.05) is 25.2 Å². The molecule has 2 aromatic rings. The number of methoxy groups -OCH3 is 1. The third-order valence-electron chi connectivity index (χ3n) is 4.20. The van der Waals surface area contributed by atoms with Crippen LogP contribution in [0.4, 0.5) is 11.4 Å². The lowest BCUT2D eigenvalue weighted by molar-refractivity contribution is -0.384. The number of nitrogens with zero attached hydrogens (tertiary/aromatic N) is 2. The number of hydrogen-bond acceptors (Lipinski definition) is 7. The summed E-state index contributed by atoms with van der Waals surface area (Å²) in [5, 5.41) is 23.4. The molecule has 29 heavy (non-hydrogen) atoms. The highest BCUT2D eigenvalue weighted by molar-refractivity contribution is 7.89. The van der Waals surface area contributed by atoms with Crippen molar-refractivity contribution in [1.82, 2.24) is 4.31 Å². The highest BCUT2D eigenvalue weighted by atomic mass is 32.2. The summed E-state index contributed by atoms with van der Waals surface area (Å²) in [6, 6.07) is 6.99. The van der Waals surface area contributed by atoms with Gasteiger partial charge in [0.15, 0.2) is 0 Å². The van der Waals surface area contributed by atoms with E-state index in [0.29, 0.717) is 0 Å². The molecular weight excluding hydrogens is 402 g/mol. The molecule has 0 saturated carbocycles. The molecule has 0 saturated heterocycles. The highest BCUT2D eigenvalue weighted by Crippen LogP contribution is 2.30. The van der Waals surface area contributed by atoms with Crippen LogP contribution in [0.25, 0.3) is 0 Å². The lowest BCUT2D eigenvalue weighted by atomic mass is 10.1. The Hall–Kier alpha value is -3.18. The molecule has 0 aliphatic rings. The zero-order valence-electron chi connectivity index (χ0n) is 16.1. The predicted octanol–water partition coefficient (Wildman–Crippen LogP) is 2.59. The van der Waals surface area contributed by atoms with E-state index in [2.05, 4.69) is 5.32 Å². The molecule has 0 atom stereocenters. The predicted molar refractivity (Wildman–Crippen MR) is 106 cm³/mol. The third kappa shape index (κ3) is 4.63. The quantitative estimate of drug-likeness (QED) is 0.378. The van der Waals surface area contributed by atoms with Crippen molar-refractivity contribution >= 4 is 27.3 Å². The number of ether oxygens (including phenoxy) is 1. The molecule has 1 amide bonds. The van der Waals surface area contributed by atoms with Crippen LogP contribution >= 0.6 is 0 Å². The van der Waals surface area contributed by atoms with E-state index in [9.17, 15) is 28.4 Å². The molecular formula is C18H21N3O7S. The number of aromatic hydroxyl groups is 1. The Morgan fingerprint density at radius 1 is 1.21 bits per heavy atom. The number of phenolic OH excluding ortho intramolecular Hbond substituents is 1. The zero-order valence-corrected chi connectivity index (χ0v) is 16.9. The van der Waals surface area contributed by atoms with Crippen molar-refractivity contribution in [2.24, 2.45) is 0 Å². The van der Waals surface area contributed by atoms with Gasteiger partial charge in [0.1, 0.15) is 11.5 Å². The van der Waals surface area contributed by atoms with Gasteiger partial charge in [-0.2, -0.15) is 4.31 Å². The maximum absolute atomic E-state index is 12.7. The molecule has 0 spiro atoms. The lowest BCUT2D eigenvalue weighted by Crippen LogP contribution is -2.30. The van der Waals surface area contributed by atoms with Crippen molar-refractivity contribution in [2.45, 2.75) is 18.7 Å². The number of carbonyl (C=O) groups is 1. The van der Waals surface area contributed by atoms with Crippen LogP contribution in [0.1, 0.15) is 24.2 Å². The maximum Gasteiger partial charge on any atom is 0.270 e.